The van der Waals surface area contributed by atoms with Gasteiger partial charge >= 0.3 is 0 Å². The fraction of sp³-hybridized carbons (Fsp3) is 0.667. The molecule has 3 aliphatic rings. The van der Waals surface area contributed by atoms with Gasteiger partial charge in [0.25, 0.3) is 0 Å². The van der Waals surface area contributed by atoms with Crippen LogP contribution in [-0.4, -0.2) is 16.7 Å². The van der Waals surface area contributed by atoms with E-state index in [2.05, 4.69) is 29.6 Å². The highest BCUT2D eigenvalue weighted by Gasteiger charge is 2.47. The van der Waals surface area contributed by atoms with Crippen LogP contribution in [0.5, 0.6) is 0 Å². The quantitative estimate of drug-likeness (QED) is 0.812. The average Bonchev–Trinajstić information content (AvgIpc) is 3.10. The van der Waals surface area contributed by atoms with Gasteiger partial charge in [0.05, 0.1) is 11.6 Å². The van der Waals surface area contributed by atoms with Crippen molar-refractivity contribution in [3.63, 3.8) is 0 Å². The molecular weight excluding hydrogens is 246 g/mol. The number of anilines is 1. The average molecular weight is 271 g/mol. The molecule has 2 aliphatic carbocycles. The number of aliphatic hydroxyl groups is 1. The molecule has 0 bridgehead atoms. The van der Waals surface area contributed by atoms with Crippen molar-refractivity contribution in [3.05, 3.63) is 29.8 Å². The zero-order valence-corrected chi connectivity index (χ0v) is 12.2. The summed E-state index contributed by atoms with van der Waals surface area (Å²) in [5.74, 6) is 0. The summed E-state index contributed by atoms with van der Waals surface area (Å²) in [6, 6.07) is 8.72. The summed E-state index contributed by atoms with van der Waals surface area (Å²) in [5.41, 5.74) is 2.70. The van der Waals surface area contributed by atoms with Crippen LogP contribution in [-0.2, 0) is 6.42 Å². The van der Waals surface area contributed by atoms with E-state index in [1.54, 1.807) is 0 Å². The largest absolute Gasteiger partial charge is 0.388 e. The van der Waals surface area contributed by atoms with Gasteiger partial charge in [-0.3, -0.25) is 0 Å². The highest BCUT2D eigenvalue weighted by molar-refractivity contribution is 5.57. The Kier molecular flexibility index (Phi) is 2.85. The molecule has 2 heteroatoms. The second-order valence-corrected chi connectivity index (χ2v) is 7.37. The van der Waals surface area contributed by atoms with Gasteiger partial charge in [0.15, 0.2) is 0 Å². The van der Waals surface area contributed by atoms with Crippen molar-refractivity contribution >= 4 is 5.69 Å². The molecule has 2 nitrogen and oxygen atoms in total. The summed E-state index contributed by atoms with van der Waals surface area (Å²) in [7, 11) is 0. The third-order valence-corrected chi connectivity index (χ3v) is 6.26. The van der Waals surface area contributed by atoms with E-state index in [9.17, 15) is 5.11 Å². The molecule has 1 spiro atoms. The molecule has 108 valence electrons. The van der Waals surface area contributed by atoms with Gasteiger partial charge in [-0.2, -0.15) is 0 Å². The SMILES string of the molecule is OC1(C2Cc3ccccc3N2)CCC2(CCCC2)CC1. The normalized spacial score (nSPS) is 30.1. The maximum absolute atomic E-state index is 11.1. The lowest BCUT2D eigenvalue weighted by Crippen LogP contribution is -2.50. The van der Waals surface area contributed by atoms with Crippen LogP contribution in [0.4, 0.5) is 5.69 Å². The Labute approximate surface area is 121 Å². The van der Waals surface area contributed by atoms with Crippen LogP contribution in [0.3, 0.4) is 0 Å². The topological polar surface area (TPSA) is 32.3 Å². The lowest BCUT2D eigenvalue weighted by atomic mass is 9.65. The number of benzene rings is 1. The number of rotatable bonds is 1. The van der Waals surface area contributed by atoms with Crippen LogP contribution in [0.1, 0.15) is 56.9 Å². The van der Waals surface area contributed by atoms with E-state index >= 15 is 0 Å². The Balaban J connectivity index is 1.47. The molecule has 2 N–H and O–H groups in total. The van der Waals surface area contributed by atoms with Gasteiger partial charge in [-0.15, -0.1) is 0 Å². The zero-order valence-electron chi connectivity index (χ0n) is 12.2. The maximum atomic E-state index is 11.1. The van der Waals surface area contributed by atoms with Crippen molar-refractivity contribution in [2.24, 2.45) is 5.41 Å². The van der Waals surface area contributed by atoms with Crippen LogP contribution >= 0.6 is 0 Å². The van der Waals surface area contributed by atoms with Gasteiger partial charge in [0, 0.05) is 5.69 Å². The molecule has 1 aromatic carbocycles. The first kappa shape index (κ1) is 12.7. The maximum Gasteiger partial charge on any atom is 0.0851 e. The number of fused-ring (bicyclic) bond motifs is 1. The minimum atomic E-state index is -0.493. The Bertz CT molecular complexity index is 469. The summed E-state index contributed by atoms with van der Waals surface area (Å²) in [4.78, 5) is 0. The van der Waals surface area contributed by atoms with E-state index in [4.69, 9.17) is 0 Å². The van der Waals surface area contributed by atoms with Gasteiger partial charge in [-0.25, -0.2) is 0 Å². The molecule has 1 unspecified atom stereocenters. The van der Waals surface area contributed by atoms with Crippen LogP contribution < -0.4 is 5.32 Å². The summed E-state index contributed by atoms with van der Waals surface area (Å²) in [6.45, 7) is 0. The molecule has 0 amide bonds. The van der Waals surface area contributed by atoms with Crippen molar-refractivity contribution in [1.82, 2.24) is 0 Å². The minimum absolute atomic E-state index is 0.221. The van der Waals surface area contributed by atoms with Crippen LogP contribution in [0, 0.1) is 5.41 Å². The molecule has 1 atom stereocenters. The number of nitrogens with one attached hydrogen (secondary N) is 1. The first-order chi connectivity index (χ1) is 9.69. The fourth-order valence-corrected chi connectivity index (χ4v) is 4.81. The Morgan fingerprint density at radius 2 is 1.65 bits per heavy atom. The molecule has 2 fully saturated rings. The Morgan fingerprint density at radius 3 is 2.35 bits per heavy atom. The number of hydrogen-bond acceptors (Lipinski definition) is 2. The Morgan fingerprint density at radius 1 is 0.950 bits per heavy atom. The highest BCUT2D eigenvalue weighted by Crippen LogP contribution is 2.52. The van der Waals surface area contributed by atoms with E-state index < -0.39 is 5.60 Å². The molecule has 1 heterocycles. The summed E-state index contributed by atoms with van der Waals surface area (Å²) < 4.78 is 0. The summed E-state index contributed by atoms with van der Waals surface area (Å²) in [6.07, 6.45) is 11.0. The van der Waals surface area contributed by atoms with E-state index in [1.165, 1.54) is 49.8 Å². The molecule has 1 aromatic rings. The van der Waals surface area contributed by atoms with E-state index in [1.807, 2.05) is 0 Å². The predicted molar refractivity (Wildman–Crippen MR) is 81.9 cm³/mol. The first-order valence-electron chi connectivity index (χ1n) is 8.26. The minimum Gasteiger partial charge on any atom is -0.388 e. The molecular formula is C18H25NO. The third kappa shape index (κ3) is 1.96. The van der Waals surface area contributed by atoms with Crippen LogP contribution in [0.25, 0.3) is 0 Å². The van der Waals surface area contributed by atoms with E-state index in [0.29, 0.717) is 5.41 Å². The number of hydrogen-bond donors (Lipinski definition) is 2. The lowest BCUT2D eigenvalue weighted by molar-refractivity contribution is -0.0450. The lowest BCUT2D eigenvalue weighted by Gasteiger charge is -2.45. The predicted octanol–water partition coefficient (Wildman–Crippen LogP) is 3.89. The van der Waals surface area contributed by atoms with Gasteiger partial charge < -0.3 is 10.4 Å². The van der Waals surface area contributed by atoms with Crippen LogP contribution in [0.15, 0.2) is 24.3 Å². The van der Waals surface area contributed by atoms with Crippen molar-refractivity contribution in [2.75, 3.05) is 5.32 Å². The van der Waals surface area contributed by atoms with E-state index in [-0.39, 0.29) is 6.04 Å². The van der Waals surface area contributed by atoms with Gasteiger partial charge in [0.2, 0.25) is 0 Å². The molecule has 0 aromatic heterocycles. The second kappa shape index (κ2) is 4.49. The fourth-order valence-electron chi connectivity index (χ4n) is 4.81. The van der Waals surface area contributed by atoms with Crippen molar-refractivity contribution in [2.45, 2.75) is 69.4 Å². The van der Waals surface area contributed by atoms with Crippen molar-refractivity contribution < 1.29 is 5.11 Å². The molecule has 4 rings (SSSR count). The van der Waals surface area contributed by atoms with Gasteiger partial charge in [-0.1, -0.05) is 31.0 Å². The number of para-hydroxylation sites is 1. The van der Waals surface area contributed by atoms with Gasteiger partial charge in [-0.05, 0) is 62.0 Å². The smallest absolute Gasteiger partial charge is 0.0851 e. The third-order valence-electron chi connectivity index (χ3n) is 6.26. The molecule has 20 heavy (non-hydrogen) atoms. The second-order valence-electron chi connectivity index (χ2n) is 7.37. The molecule has 1 aliphatic heterocycles. The molecule has 0 radical (unpaired) electrons. The molecule has 0 saturated heterocycles. The highest BCUT2D eigenvalue weighted by atomic mass is 16.3. The summed E-state index contributed by atoms with van der Waals surface area (Å²) in [5, 5.41) is 14.7. The zero-order chi connectivity index (χ0) is 13.6. The summed E-state index contributed by atoms with van der Waals surface area (Å²) >= 11 is 0. The standard InChI is InChI=1S/C18H25NO/c20-18(11-9-17(10-12-18)7-3-4-8-17)16-13-14-5-1-2-6-15(14)19-16/h1-2,5-6,16,19-20H,3-4,7-13H2. The molecule has 2 saturated carbocycles. The first-order valence-corrected chi connectivity index (χ1v) is 8.26. The van der Waals surface area contributed by atoms with Gasteiger partial charge in [0.1, 0.15) is 0 Å². The Hall–Kier alpha value is -1.02. The van der Waals surface area contributed by atoms with Crippen LogP contribution in [0.2, 0.25) is 0 Å². The van der Waals surface area contributed by atoms with Crippen molar-refractivity contribution in [1.29, 1.82) is 0 Å². The van der Waals surface area contributed by atoms with Crippen molar-refractivity contribution in [3.8, 4) is 0 Å². The monoisotopic (exact) mass is 271 g/mol. The van der Waals surface area contributed by atoms with E-state index in [0.717, 1.165) is 19.3 Å².